The third kappa shape index (κ3) is 5.46. The summed E-state index contributed by atoms with van der Waals surface area (Å²) in [5.74, 6) is 1.60. The molecule has 0 aromatic heterocycles. The summed E-state index contributed by atoms with van der Waals surface area (Å²) >= 11 is 0. The van der Waals surface area contributed by atoms with Gasteiger partial charge in [-0.15, -0.1) is 0 Å². The van der Waals surface area contributed by atoms with Gasteiger partial charge < -0.3 is 19.5 Å². The molecule has 1 N–H and O–H groups in total. The number of nitrogens with zero attached hydrogens (tertiary/aromatic N) is 1. The molecule has 0 radical (unpaired) electrons. The van der Waals surface area contributed by atoms with Crippen LogP contribution in [0.2, 0.25) is 0 Å². The molecule has 2 heterocycles. The second-order valence-electron chi connectivity index (χ2n) is 8.03. The number of aliphatic hydroxyl groups excluding tert-OH is 1. The van der Waals surface area contributed by atoms with Crippen molar-refractivity contribution in [2.45, 2.75) is 76.9 Å². The van der Waals surface area contributed by atoms with Crippen LogP contribution < -0.4 is 0 Å². The summed E-state index contributed by atoms with van der Waals surface area (Å²) in [6, 6.07) is 0. The van der Waals surface area contributed by atoms with Crippen LogP contribution in [0.5, 0.6) is 0 Å². The molecular formula is C21H35NO4. The number of hydrogen-bond donors (Lipinski definition) is 1. The number of hydrogen-bond acceptors (Lipinski definition) is 4. The Bertz CT molecular complexity index is 467. The summed E-state index contributed by atoms with van der Waals surface area (Å²) in [6.07, 6.45) is 14.0. The molecule has 148 valence electrons. The standard InChI is InChI=1S/C21H35NO4/c23-13-7-8-14-25-20-16-18(17-9-3-1-4-10-17)15-19(26-20)21(24)22-11-5-2-6-12-22/h15,17-18,20,23H,1-14,16H2/t18-,20+/m1/s1. The second-order valence-corrected chi connectivity index (χ2v) is 8.03. The highest BCUT2D eigenvalue weighted by atomic mass is 16.7. The van der Waals surface area contributed by atoms with Crippen LogP contribution in [0.15, 0.2) is 11.8 Å². The number of piperidine rings is 1. The van der Waals surface area contributed by atoms with Crippen molar-refractivity contribution in [3.8, 4) is 0 Å². The monoisotopic (exact) mass is 365 g/mol. The molecule has 1 amide bonds. The van der Waals surface area contributed by atoms with E-state index >= 15 is 0 Å². The van der Waals surface area contributed by atoms with Gasteiger partial charge in [-0.05, 0) is 62.9 Å². The molecule has 3 aliphatic rings. The highest BCUT2D eigenvalue weighted by molar-refractivity contribution is 5.91. The van der Waals surface area contributed by atoms with Crippen LogP contribution in [0.3, 0.4) is 0 Å². The largest absolute Gasteiger partial charge is 0.459 e. The molecule has 0 aromatic rings. The maximum Gasteiger partial charge on any atom is 0.288 e. The van der Waals surface area contributed by atoms with E-state index in [9.17, 15) is 4.79 Å². The fraction of sp³-hybridized carbons (Fsp3) is 0.857. The summed E-state index contributed by atoms with van der Waals surface area (Å²) in [6.45, 7) is 2.46. The minimum Gasteiger partial charge on any atom is -0.459 e. The van der Waals surface area contributed by atoms with Crippen molar-refractivity contribution in [1.29, 1.82) is 0 Å². The van der Waals surface area contributed by atoms with Gasteiger partial charge in [0.1, 0.15) is 0 Å². The van der Waals surface area contributed by atoms with E-state index < -0.39 is 0 Å². The van der Waals surface area contributed by atoms with E-state index in [-0.39, 0.29) is 18.8 Å². The zero-order chi connectivity index (χ0) is 18.2. The second kappa shape index (κ2) is 10.3. The predicted octanol–water partition coefficient (Wildman–Crippen LogP) is 3.61. The summed E-state index contributed by atoms with van der Waals surface area (Å²) in [5.41, 5.74) is 0. The van der Waals surface area contributed by atoms with Crippen molar-refractivity contribution in [2.75, 3.05) is 26.3 Å². The minimum absolute atomic E-state index is 0.0502. The van der Waals surface area contributed by atoms with Crippen molar-refractivity contribution in [3.05, 3.63) is 11.8 Å². The number of unbranched alkanes of at least 4 members (excludes halogenated alkanes) is 1. The number of carbonyl (C=O) groups excluding carboxylic acids is 1. The lowest BCUT2D eigenvalue weighted by Gasteiger charge is -2.36. The van der Waals surface area contributed by atoms with Crippen molar-refractivity contribution >= 4 is 5.91 Å². The molecular weight excluding hydrogens is 330 g/mol. The maximum atomic E-state index is 12.9. The summed E-state index contributed by atoms with van der Waals surface area (Å²) in [5, 5.41) is 8.93. The molecule has 0 aromatic carbocycles. The van der Waals surface area contributed by atoms with Crippen LogP contribution in [0.1, 0.15) is 70.6 Å². The molecule has 0 spiro atoms. The molecule has 1 saturated carbocycles. The molecule has 26 heavy (non-hydrogen) atoms. The van der Waals surface area contributed by atoms with Gasteiger partial charge in [0.05, 0.1) is 6.61 Å². The number of allylic oxidation sites excluding steroid dienone is 1. The van der Waals surface area contributed by atoms with Gasteiger partial charge in [0.15, 0.2) is 5.76 Å². The topological polar surface area (TPSA) is 59.0 Å². The zero-order valence-corrected chi connectivity index (χ0v) is 16.0. The van der Waals surface area contributed by atoms with Crippen LogP contribution in [-0.2, 0) is 14.3 Å². The first kappa shape index (κ1) is 19.7. The molecule has 2 aliphatic heterocycles. The molecule has 1 aliphatic carbocycles. The SMILES string of the molecule is O=C(C1=C[C@@H](C2CCCCC2)C[C@@H](OCCCCO)O1)N1CCCCC1. The number of amides is 1. The van der Waals surface area contributed by atoms with Crippen LogP contribution >= 0.6 is 0 Å². The van der Waals surface area contributed by atoms with Crippen LogP contribution in [0.25, 0.3) is 0 Å². The van der Waals surface area contributed by atoms with E-state index in [1.54, 1.807) is 0 Å². The highest BCUT2D eigenvalue weighted by Gasteiger charge is 2.34. The maximum absolute atomic E-state index is 12.9. The fourth-order valence-corrected chi connectivity index (χ4v) is 4.51. The molecule has 1 saturated heterocycles. The van der Waals surface area contributed by atoms with Gasteiger partial charge >= 0.3 is 0 Å². The first-order chi connectivity index (χ1) is 12.8. The van der Waals surface area contributed by atoms with Crippen LogP contribution in [0.4, 0.5) is 0 Å². The van der Waals surface area contributed by atoms with Gasteiger partial charge in [-0.2, -0.15) is 0 Å². The van der Waals surface area contributed by atoms with E-state index in [4.69, 9.17) is 14.6 Å². The molecule has 0 unspecified atom stereocenters. The Hall–Kier alpha value is -1.07. The summed E-state index contributed by atoms with van der Waals surface area (Å²) < 4.78 is 11.9. The quantitative estimate of drug-likeness (QED) is 0.700. The summed E-state index contributed by atoms with van der Waals surface area (Å²) in [7, 11) is 0. The third-order valence-corrected chi connectivity index (χ3v) is 6.05. The fourth-order valence-electron chi connectivity index (χ4n) is 4.51. The molecule has 2 fully saturated rings. The van der Waals surface area contributed by atoms with Crippen molar-refractivity contribution in [1.82, 2.24) is 4.90 Å². The Balaban J connectivity index is 1.64. The summed E-state index contributed by atoms with van der Waals surface area (Å²) in [4.78, 5) is 14.9. The van der Waals surface area contributed by atoms with Gasteiger partial charge in [0, 0.05) is 26.1 Å². The van der Waals surface area contributed by atoms with Crippen molar-refractivity contribution in [3.63, 3.8) is 0 Å². The first-order valence-electron chi connectivity index (χ1n) is 10.7. The van der Waals surface area contributed by atoms with Crippen LogP contribution in [-0.4, -0.2) is 48.5 Å². The van der Waals surface area contributed by atoms with Crippen molar-refractivity contribution < 1.29 is 19.4 Å². The molecule has 5 heteroatoms. The third-order valence-electron chi connectivity index (χ3n) is 6.05. The Labute approximate surface area is 157 Å². The Kier molecular flexibility index (Phi) is 7.81. The van der Waals surface area contributed by atoms with E-state index in [0.717, 1.165) is 45.2 Å². The van der Waals surface area contributed by atoms with Crippen molar-refractivity contribution in [2.24, 2.45) is 11.8 Å². The number of carbonyl (C=O) groups is 1. The van der Waals surface area contributed by atoms with E-state index in [1.165, 1.54) is 38.5 Å². The molecule has 0 bridgehead atoms. The lowest BCUT2D eigenvalue weighted by Crippen LogP contribution is -2.40. The molecule has 2 atom stereocenters. The highest BCUT2D eigenvalue weighted by Crippen LogP contribution is 2.37. The Morgan fingerprint density at radius 2 is 1.85 bits per heavy atom. The average molecular weight is 366 g/mol. The van der Waals surface area contributed by atoms with Gasteiger partial charge in [-0.25, -0.2) is 0 Å². The average Bonchev–Trinajstić information content (AvgIpc) is 2.72. The lowest BCUT2D eigenvalue weighted by molar-refractivity contribution is -0.157. The van der Waals surface area contributed by atoms with E-state index in [2.05, 4.69) is 6.08 Å². The van der Waals surface area contributed by atoms with Gasteiger partial charge in [-0.1, -0.05) is 19.3 Å². The number of likely N-dealkylation sites (tertiary alicyclic amines) is 1. The molecule has 5 nitrogen and oxygen atoms in total. The smallest absolute Gasteiger partial charge is 0.288 e. The normalized spacial score (nSPS) is 27.7. The Morgan fingerprint density at radius 1 is 1.12 bits per heavy atom. The number of aliphatic hydroxyl groups is 1. The van der Waals surface area contributed by atoms with E-state index in [0.29, 0.717) is 24.2 Å². The predicted molar refractivity (Wildman–Crippen MR) is 100 cm³/mol. The minimum atomic E-state index is -0.325. The lowest BCUT2D eigenvalue weighted by atomic mass is 9.77. The Morgan fingerprint density at radius 3 is 2.58 bits per heavy atom. The van der Waals surface area contributed by atoms with Gasteiger partial charge in [-0.3, -0.25) is 4.79 Å². The van der Waals surface area contributed by atoms with Gasteiger partial charge in [0.2, 0.25) is 6.29 Å². The van der Waals surface area contributed by atoms with Gasteiger partial charge in [0.25, 0.3) is 5.91 Å². The van der Waals surface area contributed by atoms with E-state index in [1.807, 2.05) is 4.90 Å². The first-order valence-corrected chi connectivity index (χ1v) is 10.7. The number of ether oxygens (including phenoxy) is 2. The number of rotatable bonds is 7. The molecule has 3 rings (SSSR count). The van der Waals surface area contributed by atoms with Crippen LogP contribution in [0, 0.1) is 11.8 Å². The zero-order valence-electron chi connectivity index (χ0n) is 16.0.